The molecule has 116 valence electrons. The van der Waals surface area contributed by atoms with E-state index in [1.807, 2.05) is 0 Å². The van der Waals surface area contributed by atoms with E-state index in [-0.39, 0.29) is 23.9 Å². The molecule has 0 unspecified atom stereocenters. The highest BCUT2D eigenvalue weighted by atomic mass is 19.1. The van der Waals surface area contributed by atoms with E-state index in [1.54, 1.807) is 6.07 Å². The van der Waals surface area contributed by atoms with Gasteiger partial charge < -0.3 is 4.42 Å². The lowest BCUT2D eigenvalue weighted by Gasteiger charge is -1.98. The van der Waals surface area contributed by atoms with Crippen LogP contribution in [0.4, 0.5) is 14.5 Å². The first kappa shape index (κ1) is 14.8. The van der Waals surface area contributed by atoms with E-state index in [0.717, 1.165) is 6.07 Å². The summed E-state index contributed by atoms with van der Waals surface area (Å²) in [4.78, 5) is 10.2. The summed E-state index contributed by atoms with van der Waals surface area (Å²) in [6, 6.07) is 8.84. The number of hydrogen-bond acceptors (Lipinski definition) is 5. The summed E-state index contributed by atoms with van der Waals surface area (Å²) in [5.74, 6) is -1.14. The third-order valence-corrected chi connectivity index (χ3v) is 3.05. The van der Waals surface area contributed by atoms with E-state index >= 15 is 0 Å². The van der Waals surface area contributed by atoms with Crippen molar-refractivity contribution in [3.05, 3.63) is 75.7 Å². The molecule has 8 heteroatoms. The molecule has 0 N–H and O–H groups in total. The Morgan fingerprint density at radius 3 is 2.52 bits per heavy atom. The zero-order valence-electron chi connectivity index (χ0n) is 11.6. The van der Waals surface area contributed by atoms with Gasteiger partial charge in [0, 0.05) is 23.8 Å². The van der Waals surface area contributed by atoms with Crippen LogP contribution >= 0.6 is 0 Å². The van der Waals surface area contributed by atoms with Gasteiger partial charge in [-0.1, -0.05) is 6.07 Å². The molecule has 0 saturated carbocycles. The monoisotopic (exact) mass is 317 g/mol. The van der Waals surface area contributed by atoms with Crippen molar-refractivity contribution in [3.63, 3.8) is 0 Å². The third-order valence-electron chi connectivity index (χ3n) is 3.05. The van der Waals surface area contributed by atoms with Gasteiger partial charge in [-0.05, 0) is 23.8 Å². The first-order valence-electron chi connectivity index (χ1n) is 6.53. The lowest BCUT2D eigenvalue weighted by molar-refractivity contribution is -0.384. The maximum Gasteiger partial charge on any atom is 0.270 e. The Hall–Kier alpha value is -3.16. The van der Waals surface area contributed by atoms with Crippen LogP contribution in [0.15, 0.2) is 46.9 Å². The van der Waals surface area contributed by atoms with Gasteiger partial charge in [0.05, 0.1) is 11.3 Å². The van der Waals surface area contributed by atoms with Crippen LogP contribution in [0.3, 0.4) is 0 Å². The maximum atomic E-state index is 13.2. The van der Waals surface area contributed by atoms with Gasteiger partial charge in [-0.2, -0.15) is 0 Å². The van der Waals surface area contributed by atoms with Gasteiger partial charge in [0.1, 0.15) is 11.6 Å². The lowest BCUT2D eigenvalue weighted by atomic mass is 10.1. The summed E-state index contributed by atoms with van der Waals surface area (Å²) in [6.45, 7) is 0. The first-order chi connectivity index (χ1) is 11.0. The zero-order chi connectivity index (χ0) is 16.4. The summed E-state index contributed by atoms with van der Waals surface area (Å²) in [6.07, 6.45) is 0.0522. The van der Waals surface area contributed by atoms with Crippen LogP contribution in [0.25, 0.3) is 11.5 Å². The molecular weight excluding hydrogens is 308 g/mol. The van der Waals surface area contributed by atoms with E-state index in [4.69, 9.17) is 4.42 Å². The number of nitro benzene ring substituents is 1. The summed E-state index contributed by atoms with van der Waals surface area (Å²) >= 11 is 0. The Kier molecular flexibility index (Phi) is 3.80. The number of nitro groups is 1. The van der Waals surface area contributed by atoms with Gasteiger partial charge >= 0.3 is 0 Å². The molecule has 3 aromatic rings. The SMILES string of the molecule is O=[N+]([O-])c1cccc(-c2nnc(Cc3cc(F)cc(F)c3)o2)c1. The molecule has 0 amide bonds. The van der Waals surface area contributed by atoms with Crippen molar-refractivity contribution in [1.82, 2.24) is 10.2 Å². The van der Waals surface area contributed by atoms with E-state index in [9.17, 15) is 18.9 Å². The molecule has 3 rings (SSSR count). The highest BCUT2D eigenvalue weighted by Crippen LogP contribution is 2.23. The van der Waals surface area contributed by atoms with E-state index < -0.39 is 16.6 Å². The molecule has 0 spiro atoms. The van der Waals surface area contributed by atoms with Crippen LogP contribution in [-0.2, 0) is 6.42 Å². The van der Waals surface area contributed by atoms with Crippen molar-refractivity contribution in [1.29, 1.82) is 0 Å². The Bertz CT molecular complexity index is 860. The Balaban J connectivity index is 1.85. The molecular formula is C15H9F2N3O3. The van der Waals surface area contributed by atoms with Crippen LogP contribution in [0.1, 0.15) is 11.5 Å². The molecule has 0 aliphatic carbocycles. The van der Waals surface area contributed by atoms with Crippen LogP contribution in [0.2, 0.25) is 0 Å². The summed E-state index contributed by atoms with van der Waals surface area (Å²) in [7, 11) is 0. The van der Waals surface area contributed by atoms with Crippen molar-refractivity contribution >= 4 is 5.69 Å². The lowest BCUT2D eigenvalue weighted by Crippen LogP contribution is -1.91. The third kappa shape index (κ3) is 3.37. The fraction of sp³-hybridized carbons (Fsp3) is 0.0667. The quantitative estimate of drug-likeness (QED) is 0.543. The van der Waals surface area contributed by atoms with Gasteiger partial charge in [-0.15, -0.1) is 10.2 Å². The predicted octanol–water partition coefficient (Wildman–Crippen LogP) is 3.51. The average molecular weight is 317 g/mol. The number of halogens is 2. The largest absolute Gasteiger partial charge is 0.420 e. The van der Waals surface area contributed by atoms with Crippen LogP contribution < -0.4 is 0 Å². The second kappa shape index (κ2) is 5.91. The second-order valence-electron chi connectivity index (χ2n) is 4.76. The van der Waals surface area contributed by atoms with Crippen molar-refractivity contribution in [2.75, 3.05) is 0 Å². The van der Waals surface area contributed by atoms with E-state index in [0.29, 0.717) is 11.1 Å². The summed E-state index contributed by atoms with van der Waals surface area (Å²) in [5.41, 5.74) is 0.634. The molecule has 0 atom stereocenters. The second-order valence-corrected chi connectivity index (χ2v) is 4.76. The number of aromatic nitrogens is 2. The smallest absolute Gasteiger partial charge is 0.270 e. The molecule has 0 aliphatic rings. The van der Waals surface area contributed by atoms with Gasteiger partial charge in [-0.25, -0.2) is 8.78 Å². The number of rotatable bonds is 4. The van der Waals surface area contributed by atoms with Crippen LogP contribution in [0.5, 0.6) is 0 Å². The molecule has 23 heavy (non-hydrogen) atoms. The van der Waals surface area contributed by atoms with Crippen molar-refractivity contribution in [3.8, 4) is 11.5 Å². The van der Waals surface area contributed by atoms with E-state index in [1.165, 1.54) is 30.3 Å². The minimum absolute atomic E-state index is 0.0522. The number of hydrogen-bond donors (Lipinski definition) is 0. The van der Waals surface area contributed by atoms with Crippen molar-refractivity contribution in [2.45, 2.75) is 6.42 Å². The Morgan fingerprint density at radius 1 is 1.09 bits per heavy atom. The van der Waals surface area contributed by atoms with Gasteiger partial charge in [-0.3, -0.25) is 10.1 Å². The number of non-ortho nitro benzene ring substituents is 1. The van der Waals surface area contributed by atoms with Crippen LogP contribution in [0, 0.1) is 21.7 Å². The molecule has 0 bridgehead atoms. The highest BCUT2D eigenvalue weighted by molar-refractivity contribution is 5.57. The molecule has 2 aromatic carbocycles. The van der Waals surface area contributed by atoms with Crippen molar-refractivity contribution < 1.29 is 18.1 Å². The average Bonchev–Trinajstić information content (AvgIpc) is 2.95. The van der Waals surface area contributed by atoms with E-state index in [2.05, 4.69) is 10.2 Å². The van der Waals surface area contributed by atoms with Crippen molar-refractivity contribution in [2.24, 2.45) is 0 Å². The Labute approximate surface area is 128 Å². The molecule has 6 nitrogen and oxygen atoms in total. The predicted molar refractivity (Wildman–Crippen MR) is 75.6 cm³/mol. The summed E-state index contributed by atoms with van der Waals surface area (Å²) < 4.78 is 31.7. The van der Waals surface area contributed by atoms with Gasteiger partial charge in [0.2, 0.25) is 11.8 Å². The first-order valence-corrected chi connectivity index (χ1v) is 6.53. The standard InChI is InChI=1S/C15H9F2N3O3/c16-11-4-9(5-12(17)8-11)6-14-18-19-15(23-14)10-2-1-3-13(7-10)20(21)22/h1-5,7-8H,6H2. The molecule has 0 radical (unpaired) electrons. The minimum Gasteiger partial charge on any atom is -0.420 e. The van der Waals surface area contributed by atoms with Gasteiger partial charge in [0.25, 0.3) is 5.69 Å². The van der Waals surface area contributed by atoms with Crippen LogP contribution in [-0.4, -0.2) is 15.1 Å². The molecule has 0 aliphatic heterocycles. The maximum absolute atomic E-state index is 13.2. The Morgan fingerprint density at radius 2 is 1.83 bits per heavy atom. The minimum atomic E-state index is -0.696. The topological polar surface area (TPSA) is 82.1 Å². The number of benzene rings is 2. The normalized spacial score (nSPS) is 10.7. The molecule has 1 heterocycles. The fourth-order valence-electron chi connectivity index (χ4n) is 2.08. The molecule has 0 saturated heterocycles. The summed E-state index contributed by atoms with van der Waals surface area (Å²) in [5, 5.41) is 18.4. The molecule has 1 aromatic heterocycles. The molecule has 0 fully saturated rings. The highest BCUT2D eigenvalue weighted by Gasteiger charge is 2.13. The van der Waals surface area contributed by atoms with Gasteiger partial charge in [0.15, 0.2) is 0 Å². The fourth-order valence-corrected chi connectivity index (χ4v) is 2.08. The number of nitrogens with zero attached hydrogens (tertiary/aromatic N) is 3. The zero-order valence-corrected chi connectivity index (χ0v) is 11.6.